The number of nitrogens with zero attached hydrogens (tertiary/aromatic N) is 3. The lowest BCUT2D eigenvalue weighted by molar-refractivity contribution is -0.113. The smallest absolute Gasteiger partial charge is 0.254 e. The molecule has 0 fully saturated rings. The van der Waals surface area contributed by atoms with Gasteiger partial charge in [0.25, 0.3) is 5.91 Å². The molecule has 3 aromatic rings. The Kier molecular flexibility index (Phi) is 7.18. The topological polar surface area (TPSA) is 88.9 Å². The van der Waals surface area contributed by atoms with E-state index < -0.39 is 11.7 Å². The fraction of sp³-hybridized carbons (Fsp3) is 0.238. The van der Waals surface area contributed by atoms with Gasteiger partial charge in [0.1, 0.15) is 11.6 Å². The number of aryl methyl sites for hydroxylation is 1. The van der Waals surface area contributed by atoms with Crippen molar-refractivity contribution in [1.29, 1.82) is 0 Å². The van der Waals surface area contributed by atoms with Gasteiger partial charge in [0, 0.05) is 25.7 Å². The number of hydrogen-bond donors (Lipinski definition) is 2. The number of amides is 2. The number of carbonyl (C=O) groups excluding carboxylic acids is 2. The monoisotopic (exact) mass is 427 g/mol. The van der Waals surface area contributed by atoms with Crippen molar-refractivity contribution in [2.75, 3.05) is 17.6 Å². The zero-order chi connectivity index (χ0) is 21.5. The predicted octanol–water partition coefficient (Wildman–Crippen LogP) is 2.97. The molecule has 30 heavy (non-hydrogen) atoms. The molecule has 0 spiro atoms. The van der Waals surface area contributed by atoms with Crippen molar-refractivity contribution in [2.24, 2.45) is 7.05 Å². The van der Waals surface area contributed by atoms with E-state index in [1.54, 1.807) is 17.7 Å². The third-order valence-electron chi connectivity index (χ3n) is 4.31. The second kappa shape index (κ2) is 10.0. The number of nitrogens with one attached hydrogen (secondary N) is 2. The van der Waals surface area contributed by atoms with Crippen molar-refractivity contribution < 1.29 is 14.0 Å². The maximum atomic E-state index is 13.6. The van der Waals surface area contributed by atoms with Crippen LogP contribution >= 0.6 is 11.8 Å². The molecule has 156 valence electrons. The summed E-state index contributed by atoms with van der Waals surface area (Å²) in [5.41, 5.74) is 1.83. The van der Waals surface area contributed by atoms with Gasteiger partial charge in [-0.05, 0) is 36.8 Å². The Balaban J connectivity index is 1.48. The average molecular weight is 428 g/mol. The van der Waals surface area contributed by atoms with Gasteiger partial charge >= 0.3 is 0 Å². The summed E-state index contributed by atoms with van der Waals surface area (Å²) in [6.45, 7) is 2.25. The molecular weight excluding hydrogens is 405 g/mol. The molecule has 0 aliphatic heterocycles. The Labute approximate surface area is 178 Å². The first kappa shape index (κ1) is 21.5. The summed E-state index contributed by atoms with van der Waals surface area (Å²) in [5.74, 6) is -0.309. The molecule has 0 saturated carbocycles. The van der Waals surface area contributed by atoms with Crippen LogP contribution in [-0.2, 0) is 18.3 Å². The van der Waals surface area contributed by atoms with Crippen LogP contribution in [0.1, 0.15) is 21.7 Å². The van der Waals surface area contributed by atoms with Crippen LogP contribution in [0.5, 0.6) is 0 Å². The van der Waals surface area contributed by atoms with E-state index in [9.17, 15) is 14.0 Å². The van der Waals surface area contributed by atoms with Gasteiger partial charge in [-0.15, -0.1) is 10.2 Å². The first-order valence-electron chi connectivity index (χ1n) is 9.34. The number of benzene rings is 2. The van der Waals surface area contributed by atoms with Crippen molar-refractivity contribution >= 4 is 29.3 Å². The van der Waals surface area contributed by atoms with Gasteiger partial charge in [-0.3, -0.25) is 9.59 Å². The fourth-order valence-electron chi connectivity index (χ4n) is 2.77. The third-order valence-corrected chi connectivity index (χ3v) is 5.33. The highest BCUT2D eigenvalue weighted by molar-refractivity contribution is 7.99. The lowest BCUT2D eigenvalue weighted by atomic mass is 10.2. The minimum atomic E-state index is -0.559. The molecule has 1 heterocycles. The highest BCUT2D eigenvalue weighted by Gasteiger charge is 2.13. The minimum Gasteiger partial charge on any atom is -0.351 e. The van der Waals surface area contributed by atoms with E-state index in [-0.39, 0.29) is 23.8 Å². The normalized spacial score (nSPS) is 10.6. The lowest BCUT2D eigenvalue weighted by Crippen LogP contribution is -2.27. The maximum Gasteiger partial charge on any atom is 0.254 e. The molecule has 0 unspecified atom stereocenters. The van der Waals surface area contributed by atoms with Crippen molar-refractivity contribution in [3.05, 3.63) is 71.3 Å². The number of rotatable bonds is 8. The van der Waals surface area contributed by atoms with E-state index in [0.717, 1.165) is 11.3 Å². The van der Waals surface area contributed by atoms with Gasteiger partial charge in [0.15, 0.2) is 5.16 Å². The summed E-state index contributed by atoms with van der Waals surface area (Å²) in [7, 11) is 1.80. The van der Waals surface area contributed by atoms with E-state index in [1.165, 1.54) is 30.0 Å². The Hall–Kier alpha value is -3.20. The summed E-state index contributed by atoms with van der Waals surface area (Å²) < 4.78 is 15.4. The second-order valence-electron chi connectivity index (χ2n) is 6.65. The molecule has 0 bridgehead atoms. The Morgan fingerprint density at radius 1 is 1.13 bits per heavy atom. The van der Waals surface area contributed by atoms with Crippen molar-refractivity contribution in [3.8, 4) is 0 Å². The molecule has 0 aliphatic rings. The lowest BCUT2D eigenvalue weighted by Gasteiger charge is -2.07. The number of hydrogen-bond acceptors (Lipinski definition) is 5. The van der Waals surface area contributed by atoms with E-state index in [1.807, 2.05) is 31.2 Å². The Bertz CT molecular complexity index is 1050. The quantitative estimate of drug-likeness (QED) is 0.540. The Morgan fingerprint density at radius 2 is 1.93 bits per heavy atom. The maximum absolute atomic E-state index is 13.6. The first-order valence-corrected chi connectivity index (χ1v) is 10.3. The summed E-state index contributed by atoms with van der Waals surface area (Å²) in [6.07, 6.45) is 0.430. The van der Waals surface area contributed by atoms with Crippen LogP contribution in [0, 0.1) is 12.7 Å². The average Bonchev–Trinajstić information content (AvgIpc) is 3.06. The molecule has 2 N–H and O–H groups in total. The van der Waals surface area contributed by atoms with E-state index in [0.29, 0.717) is 17.4 Å². The molecular formula is C21H22FN5O2S. The molecule has 3 rings (SSSR count). The number of anilines is 1. The van der Waals surface area contributed by atoms with Gasteiger partial charge < -0.3 is 15.2 Å². The minimum absolute atomic E-state index is 0.00586. The van der Waals surface area contributed by atoms with Crippen LogP contribution in [0.3, 0.4) is 0 Å². The van der Waals surface area contributed by atoms with Crippen molar-refractivity contribution in [1.82, 2.24) is 20.1 Å². The van der Waals surface area contributed by atoms with E-state index in [2.05, 4.69) is 20.8 Å². The number of thioether (sulfide) groups is 1. The van der Waals surface area contributed by atoms with E-state index in [4.69, 9.17) is 0 Å². The summed E-state index contributed by atoms with van der Waals surface area (Å²) in [4.78, 5) is 24.2. The molecule has 0 aliphatic carbocycles. The second-order valence-corrected chi connectivity index (χ2v) is 7.59. The highest BCUT2D eigenvalue weighted by Crippen LogP contribution is 2.17. The van der Waals surface area contributed by atoms with Crippen LogP contribution < -0.4 is 10.6 Å². The van der Waals surface area contributed by atoms with Gasteiger partial charge in [-0.1, -0.05) is 36.0 Å². The Morgan fingerprint density at radius 3 is 2.70 bits per heavy atom. The number of carbonyl (C=O) groups is 2. The number of aromatic nitrogens is 3. The molecule has 9 heteroatoms. The third kappa shape index (κ3) is 5.66. The van der Waals surface area contributed by atoms with Crippen LogP contribution in [0.4, 0.5) is 10.1 Å². The highest BCUT2D eigenvalue weighted by atomic mass is 32.2. The largest absolute Gasteiger partial charge is 0.351 e. The molecule has 0 saturated heterocycles. The zero-order valence-electron chi connectivity index (χ0n) is 16.7. The summed E-state index contributed by atoms with van der Waals surface area (Å²) in [5, 5.41) is 14.3. The van der Waals surface area contributed by atoms with Crippen LogP contribution in [0.2, 0.25) is 0 Å². The van der Waals surface area contributed by atoms with Crippen LogP contribution in [-0.4, -0.2) is 38.9 Å². The molecule has 0 radical (unpaired) electrons. The number of halogens is 1. The van der Waals surface area contributed by atoms with Gasteiger partial charge in [-0.25, -0.2) is 4.39 Å². The van der Waals surface area contributed by atoms with Gasteiger partial charge in [0.05, 0.1) is 11.3 Å². The molecule has 2 amide bonds. The van der Waals surface area contributed by atoms with Gasteiger partial charge in [0.2, 0.25) is 5.91 Å². The van der Waals surface area contributed by atoms with Crippen molar-refractivity contribution in [2.45, 2.75) is 18.5 Å². The van der Waals surface area contributed by atoms with Crippen LogP contribution in [0.25, 0.3) is 0 Å². The molecule has 7 nitrogen and oxygen atoms in total. The fourth-order valence-corrected chi connectivity index (χ4v) is 3.50. The molecule has 0 atom stereocenters. The van der Waals surface area contributed by atoms with Crippen LogP contribution in [0.15, 0.2) is 53.7 Å². The molecule has 1 aromatic heterocycles. The molecule has 2 aromatic carbocycles. The SMILES string of the molecule is Cc1cccc(NC(=O)CSc2nnc(CCNC(=O)c3ccccc3F)n2C)c1. The summed E-state index contributed by atoms with van der Waals surface area (Å²) in [6, 6.07) is 13.4. The zero-order valence-corrected chi connectivity index (χ0v) is 17.5. The van der Waals surface area contributed by atoms with Crippen molar-refractivity contribution in [3.63, 3.8) is 0 Å². The standard InChI is InChI=1S/C21H22FN5O2S/c1-14-6-5-7-15(12-14)24-19(28)13-30-21-26-25-18(27(21)2)10-11-23-20(29)16-8-3-4-9-17(16)22/h3-9,12H,10-11,13H2,1-2H3,(H,23,29)(H,24,28). The van der Waals surface area contributed by atoms with E-state index >= 15 is 0 Å². The van der Waals surface area contributed by atoms with Gasteiger partial charge in [-0.2, -0.15) is 0 Å². The predicted molar refractivity (Wildman–Crippen MR) is 114 cm³/mol. The first-order chi connectivity index (χ1) is 14.4. The summed E-state index contributed by atoms with van der Waals surface area (Å²) >= 11 is 1.28.